The lowest BCUT2D eigenvalue weighted by molar-refractivity contribution is 0.601. The van der Waals surface area contributed by atoms with Crippen LogP contribution in [0.4, 0.5) is 5.69 Å². The summed E-state index contributed by atoms with van der Waals surface area (Å²) < 4.78 is 27.5. The van der Waals surface area contributed by atoms with Crippen molar-refractivity contribution in [1.82, 2.24) is 0 Å². The van der Waals surface area contributed by atoms with E-state index in [1.54, 1.807) is 29.6 Å². The predicted octanol–water partition coefficient (Wildman–Crippen LogP) is 3.62. The van der Waals surface area contributed by atoms with Gasteiger partial charge in [0.1, 0.15) is 0 Å². The number of thiophene rings is 1. The Bertz CT molecular complexity index is 621. The zero-order valence-corrected chi connectivity index (χ0v) is 12.2. The number of nitrogens with one attached hydrogen (secondary N) is 1. The van der Waals surface area contributed by atoms with E-state index in [-0.39, 0.29) is 4.90 Å². The Labute approximate surface area is 113 Å². The monoisotopic (exact) mass is 331 g/mol. The number of aryl methyl sites for hydroxylation is 1. The average Bonchev–Trinajstić information content (AvgIpc) is 2.73. The van der Waals surface area contributed by atoms with Gasteiger partial charge in [0.25, 0.3) is 10.0 Å². The second kappa shape index (κ2) is 4.80. The Morgan fingerprint density at radius 1 is 1.29 bits per heavy atom. The van der Waals surface area contributed by atoms with E-state index in [9.17, 15) is 8.42 Å². The molecule has 0 aliphatic rings. The van der Waals surface area contributed by atoms with Crippen LogP contribution in [0.2, 0.25) is 0 Å². The number of sulfonamides is 1. The van der Waals surface area contributed by atoms with Gasteiger partial charge in [-0.05, 0) is 42.1 Å². The van der Waals surface area contributed by atoms with Crippen LogP contribution in [0, 0.1) is 6.92 Å². The van der Waals surface area contributed by atoms with Crippen LogP contribution in [0.15, 0.2) is 44.4 Å². The highest BCUT2D eigenvalue weighted by Crippen LogP contribution is 2.22. The molecule has 1 heterocycles. The van der Waals surface area contributed by atoms with Crippen LogP contribution in [0.25, 0.3) is 0 Å². The van der Waals surface area contributed by atoms with Crippen molar-refractivity contribution in [2.75, 3.05) is 4.72 Å². The number of benzene rings is 1. The molecule has 0 bridgehead atoms. The van der Waals surface area contributed by atoms with Gasteiger partial charge in [0, 0.05) is 9.85 Å². The van der Waals surface area contributed by atoms with Crippen molar-refractivity contribution < 1.29 is 8.42 Å². The van der Waals surface area contributed by atoms with Crippen LogP contribution >= 0.6 is 27.3 Å². The van der Waals surface area contributed by atoms with Crippen LogP contribution in [-0.2, 0) is 10.0 Å². The highest BCUT2D eigenvalue weighted by atomic mass is 79.9. The maximum atomic E-state index is 12.0. The van der Waals surface area contributed by atoms with Gasteiger partial charge in [-0.2, -0.15) is 11.3 Å². The molecule has 17 heavy (non-hydrogen) atoms. The summed E-state index contributed by atoms with van der Waals surface area (Å²) in [6.45, 7) is 1.85. The summed E-state index contributed by atoms with van der Waals surface area (Å²) in [5.74, 6) is 0. The molecular formula is C11H10BrNO2S2. The fraction of sp³-hybridized carbons (Fsp3) is 0.0909. The minimum Gasteiger partial charge on any atom is -0.279 e. The predicted molar refractivity (Wildman–Crippen MR) is 74.0 cm³/mol. The molecule has 0 aliphatic carbocycles. The maximum absolute atomic E-state index is 12.0. The molecule has 90 valence electrons. The molecule has 0 saturated carbocycles. The summed E-state index contributed by atoms with van der Waals surface area (Å²) in [4.78, 5) is 0.268. The maximum Gasteiger partial charge on any atom is 0.261 e. The molecule has 0 radical (unpaired) electrons. The highest BCUT2D eigenvalue weighted by Gasteiger charge is 2.14. The molecule has 0 atom stereocenters. The Hall–Kier alpha value is -0.850. The molecule has 0 saturated heterocycles. The van der Waals surface area contributed by atoms with Crippen molar-refractivity contribution in [3.05, 3.63) is 45.1 Å². The first-order valence-corrected chi connectivity index (χ1v) is 8.02. The van der Waals surface area contributed by atoms with Crippen molar-refractivity contribution in [2.45, 2.75) is 11.8 Å². The minimum atomic E-state index is -3.49. The SMILES string of the molecule is Cc1cc(S(=O)(=O)Nc2ccsc2)ccc1Br. The summed E-state index contributed by atoms with van der Waals surface area (Å²) in [6, 6.07) is 6.68. The third kappa shape index (κ3) is 2.88. The number of halogens is 1. The van der Waals surface area contributed by atoms with E-state index >= 15 is 0 Å². The standard InChI is InChI=1S/C11H10BrNO2S2/c1-8-6-10(2-3-11(8)12)17(14,15)13-9-4-5-16-7-9/h2-7,13H,1H3. The first-order valence-electron chi connectivity index (χ1n) is 4.80. The second-order valence-electron chi connectivity index (χ2n) is 3.53. The van der Waals surface area contributed by atoms with Gasteiger partial charge in [0.15, 0.2) is 0 Å². The Balaban J connectivity index is 2.35. The van der Waals surface area contributed by atoms with Gasteiger partial charge in [-0.25, -0.2) is 8.42 Å². The average molecular weight is 332 g/mol. The van der Waals surface area contributed by atoms with Gasteiger partial charge in [-0.3, -0.25) is 4.72 Å². The summed E-state index contributed by atoms with van der Waals surface area (Å²) >= 11 is 4.79. The summed E-state index contributed by atoms with van der Waals surface area (Å²) in [5, 5.41) is 3.58. The van der Waals surface area contributed by atoms with E-state index < -0.39 is 10.0 Å². The quantitative estimate of drug-likeness (QED) is 0.933. The molecular weight excluding hydrogens is 322 g/mol. The summed E-state index contributed by atoms with van der Waals surface area (Å²) in [7, 11) is -3.49. The van der Waals surface area contributed by atoms with Gasteiger partial charge in [0.05, 0.1) is 10.6 Å². The smallest absolute Gasteiger partial charge is 0.261 e. The third-order valence-corrected chi connectivity index (χ3v) is 5.17. The van der Waals surface area contributed by atoms with Gasteiger partial charge in [-0.15, -0.1) is 0 Å². The fourth-order valence-corrected chi connectivity index (χ4v) is 3.36. The first kappa shape index (κ1) is 12.6. The molecule has 0 unspecified atom stereocenters. The zero-order chi connectivity index (χ0) is 12.5. The molecule has 2 aromatic rings. The molecule has 3 nitrogen and oxygen atoms in total. The number of rotatable bonds is 3. The van der Waals surface area contributed by atoms with Crippen molar-refractivity contribution in [2.24, 2.45) is 0 Å². The molecule has 0 amide bonds. The lowest BCUT2D eigenvalue weighted by Crippen LogP contribution is -2.12. The molecule has 6 heteroatoms. The molecule has 0 aliphatic heterocycles. The van der Waals surface area contributed by atoms with E-state index in [4.69, 9.17) is 0 Å². The minimum absolute atomic E-state index is 0.268. The van der Waals surface area contributed by atoms with Crippen molar-refractivity contribution >= 4 is 43.0 Å². The fourth-order valence-electron chi connectivity index (χ4n) is 1.32. The summed E-state index contributed by atoms with van der Waals surface area (Å²) in [5.41, 5.74) is 1.48. The van der Waals surface area contributed by atoms with Gasteiger partial charge in [-0.1, -0.05) is 15.9 Å². The molecule has 0 spiro atoms. The number of anilines is 1. The van der Waals surface area contributed by atoms with Crippen LogP contribution in [0.1, 0.15) is 5.56 Å². The van der Waals surface area contributed by atoms with Gasteiger partial charge in [0.2, 0.25) is 0 Å². The second-order valence-corrected chi connectivity index (χ2v) is 6.85. The Morgan fingerprint density at radius 2 is 2.06 bits per heavy atom. The van der Waals surface area contributed by atoms with Gasteiger partial charge < -0.3 is 0 Å². The lowest BCUT2D eigenvalue weighted by Gasteiger charge is -2.07. The van der Waals surface area contributed by atoms with Gasteiger partial charge >= 0.3 is 0 Å². The van der Waals surface area contributed by atoms with Crippen LogP contribution in [0.3, 0.4) is 0 Å². The van der Waals surface area contributed by atoms with Crippen molar-refractivity contribution in [3.8, 4) is 0 Å². The zero-order valence-electron chi connectivity index (χ0n) is 8.98. The first-order chi connectivity index (χ1) is 7.99. The number of hydrogen-bond donors (Lipinski definition) is 1. The highest BCUT2D eigenvalue weighted by molar-refractivity contribution is 9.10. The molecule has 0 fully saturated rings. The van der Waals surface area contributed by atoms with E-state index in [1.165, 1.54) is 11.3 Å². The van der Waals surface area contributed by atoms with E-state index in [1.807, 2.05) is 12.3 Å². The lowest BCUT2D eigenvalue weighted by atomic mass is 10.2. The van der Waals surface area contributed by atoms with Crippen LogP contribution < -0.4 is 4.72 Å². The van der Waals surface area contributed by atoms with E-state index in [0.29, 0.717) is 5.69 Å². The normalized spacial score (nSPS) is 11.4. The van der Waals surface area contributed by atoms with Crippen LogP contribution in [-0.4, -0.2) is 8.42 Å². The molecule has 1 aromatic heterocycles. The van der Waals surface area contributed by atoms with Crippen molar-refractivity contribution in [3.63, 3.8) is 0 Å². The largest absolute Gasteiger partial charge is 0.279 e. The van der Waals surface area contributed by atoms with Crippen LogP contribution in [0.5, 0.6) is 0 Å². The third-order valence-electron chi connectivity index (χ3n) is 2.21. The van der Waals surface area contributed by atoms with E-state index in [2.05, 4.69) is 20.7 Å². The Morgan fingerprint density at radius 3 is 2.65 bits per heavy atom. The topological polar surface area (TPSA) is 46.2 Å². The molecule has 1 aromatic carbocycles. The Kier molecular flexibility index (Phi) is 3.56. The van der Waals surface area contributed by atoms with E-state index in [0.717, 1.165) is 10.0 Å². The molecule has 1 N–H and O–H groups in total. The molecule has 2 rings (SSSR count). The van der Waals surface area contributed by atoms with Crippen molar-refractivity contribution in [1.29, 1.82) is 0 Å². The number of hydrogen-bond acceptors (Lipinski definition) is 3. The summed E-state index contributed by atoms with van der Waals surface area (Å²) in [6.07, 6.45) is 0.